The molecule has 0 fully saturated rings. The van der Waals surface area contributed by atoms with Gasteiger partial charge in [0.2, 0.25) is 5.95 Å². The Morgan fingerprint density at radius 1 is 1.26 bits per heavy atom. The Labute approximate surface area is 112 Å². The van der Waals surface area contributed by atoms with Crippen molar-refractivity contribution in [1.82, 2.24) is 9.97 Å². The molecule has 0 aliphatic rings. The minimum atomic E-state index is -3.64. The quantitative estimate of drug-likeness (QED) is 0.929. The van der Waals surface area contributed by atoms with E-state index in [9.17, 15) is 8.42 Å². The number of hydrogen-bond donors (Lipinski definition) is 1. The van der Waals surface area contributed by atoms with Gasteiger partial charge >= 0.3 is 0 Å². The van der Waals surface area contributed by atoms with E-state index < -0.39 is 10.0 Å². The number of aryl methyl sites for hydroxylation is 2. The van der Waals surface area contributed by atoms with Crippen molar-refractivity contribution in [1.29, 1.82) is 0 Å². The fraction of sp³-hybridized carbons (Fsp3) is 0.231. The lowest BCUT2D eigenvalue weighted by molar-refractivity contribution is 0.600. The molecular formula is C13H15N3O2S. The molecule has 100 valence electrons. The van der Waals surface area contributed by atoms with E-state index in [4.69, 9.17) is 0 Å². The molecule has 0 bridgehead atoms. The Balaban J connectivity index is 2.32. The zero-order valence-corrected chi connectivity index (χ0v) is 11.6. The van der Waals surface area contributed by atoms with Crippen LogP contribution in [0.4, 0.5) is 5.95 Å². The lowest BCUT2D eigenvalue weighted by Crippen LogP contribution is -2.15. The number of nitrogens with zero attached hydrogens (tertiary/aromatic N) is 2. The molecule has 0 saturated carbocycles. The third kappa shape index (κ3) is 3.29. The van der Waals surface area contributed by atoms with Crippen LogP contribution in [0.5, 0.6) is 0 Å². The molecule has 19 heavy (non-hydrogen) atoms. The van der Waals surface area contributed by atoms with Gasteiger partial charge in [0.1, 0.15) is 0 Å². The van der Waals surface area contributed by atoms with Crippen molar-refractivity contribution in [3.63, 3.8) is 0 Å². The summed E-state index contributed by atoms with van der Waals surface area (Å²) in [7, 11) is -3.64. The van der Waals surface area contributed by atoms with E-state index in [0.717, 1.165) is 12.0 Å². The summed E-state index contributed by atoms with van der Waals surface area (Å²) in [5.41, 5.74) is 1.67. The first kappa shape index (κ1) is 13.5. The zero-order chi connectivity index (χ0) is 13.9. The molecule has 0 radical (unpaired) electrons. The van der Waals surface area contributed by atoms with Gasteiger partial charge in [0.15, 0.2) is 0 Å². The Morgan fingerprint density at radius 2 is 2.05 bits per heavy atom. The number of sulfonamides is 1. The first-order valence-corrected chi connectivity index (χ1v) is 7.41. The van der Waals surface area contributed by atoms with Crippen LogP contribution < -0.4 is 4.72 Å². The molecule has 0 saturated heterocycles. The van der Waals surface area contributed by atoms with E-state index in [1.165, 1.54) is 6.20 Å². The van der Waals surface area contributed by atoms with Crippen LogP contribution in [0.2, 0.25) is 0 Å². The Morgan fingerprint density at radius 3 is 2.74 bits per heavy atom. The van der Waals surface area contributed by atoms with Gasteiger partial charge in [-0.3, -0.25) is 0 Å². The van der Waals surface area contributed by atoms with Crippen LogP contribution in [0.1, 0.15) is 18.2 Å². The number of nitrogens with one attached hydrogen (secondary N) is 1. The minimum absolute atomic E-state index is 0.0851. The fourth-order valence-corrected chi connectivity index (χ4v) is 2.63. The molecule has 6 heteroatoms. The molecule has 2 aromatic rings. The van der Waals surface area contributed by atoms with Gasteiger partial charge in [-0.2, -0.15) is 0 Å². The molecule has 0 amide bonds. The maximum atomic E-state index is 12.2. The molecule has 0 spiro atoms. The number of rotatable bonds is 4. The molecule has 0 atom stereocenters. The highest BCUT2D eigenvalue weighted by Crippen LogP contribution is 2.15. The third-order valence-electron chi connectivity index (χ3n) is 2.64. The third-order valence-corrected chi connectivity index (χ3v) is 3.96. The molecule has 5 nitrogen and oxygen atoms in total. The van der Waals surface area contributed by atoms with Gasteiger partial charge in [-0.05, 0) is 37.1 Å². The molecule has 0 aliphatic carbocycles. The summed E-state index contributed by atoms with van der Waals surface area (Å²) in [5, 5.41) is 0. The van der Waals surface area contributed by atoms with Crippen LogP contribution in [0, 0.1) is 6.92 Å². The smallest absolute Gasteiger partial charge is 0.247 e. The second-order valence-electron chi connectivity index (χ2n) is 4.13. The average molecular weight is 277 g/mol. The summed E-state index contributed by atoms with van der Waals surface area (Å²) >= 11 is 0. The molecule has 1 N–H and O–H groups in total. The first-order valence-electron chi connectivity index (χ1n) is 5.92. The Kier molecular flexibility index (Phi) is 3.80. The van der Waals surface area contributed by atoms with E-state index in [-0.39, 0.29) is 10.8 Å². The van der Waals surface area contributed by atoms with Crippen LogP contribution in [-0.4, -0.2) is 18.4 Å². The average Bonchev–Trinajstić information content (AvgIpc) is 2.38. The maximum absolute atomic E-state index is 12.2. The number of anilines is 1. The number of benzene rings is 1. The van der Waals surface area contributed by atoms with Gasteiger partial charge in [0.05, 0.1) is 4.90 Å². The standard InChI is InChI=1S/C13H15N3O2S/c1-3-11-5-4-6-12(9-11)19(17,18)16-13-14-8-7-10(2)15-13/h4-9H,3H2,1-2H3,(H,14,15,16). The fourth-order valence-electron chi connectivity index (χ4n) is 1.61. The van der Waals surface area contributed by atoms with Crippen LogP contribution in [0.3, 0.4) is 0 Å². The summed E-state index contributed by atoms with van der Waals surface area (Å²) < 4.78 is 26.8. The number of aromatic nitrogens is 2. The van der Waals surface area contributed by atoms with Crippen molar-refractivity contribution >= 4 is 16.0 Å². The normalized spacial score (nSPS) is 11.3. The monoisotopic (exact) mass is 277 g/mol. The van der Waals surface area contributed by atoms with Crippen LogP contribution >= 0.6 is 0 Å². The van der Waals surface area contributed by atoms with Crippen molar-refractivity contribution in [2.45, 2.75) is 25.2 Å². The van der Waals surface area contributed by atoms with Crippen molar-refractivity contribution in [2.24, 2.45) is 0 Å². The van der Waals surface area contributed by atoms with Crippen molar-refractivity contribution < 1.29 is 8.42 Å². The van der Waals surface area contributed by atoms with E-state index in [2.05, 4.69) is 14.7 Å². The summed E-state index contributed by atoms with van der Waals surface area (Å²) in [5.74, 6) is 0.0851. The second kappa shape index (κ2) is 5.36. The van der Waals surface area contributed by atoms with Gasteiger partial charge in [-0.25, -0.2) is 23.1 Å². The predicted molar refractivity (Wildman–Crippen MR) is 73.4 cm³/mol. The molecular weight excluding hydrogens is 262 g/mol. The zero-order valence-electron chi connectivity index (χ0n) is 10.8. The highest BCUT2D eigenvalue weighted by Gasteiger charge is 2.15. The summed E-state index contributed by atoms with van der Waals surface area (Å²) in [6, 6.07) is 8.53. The van der Waals surface area contributed by atoms with Gasteiger partial charge in [-0.1, -0.05) is 19.1 Å². The SMILES string of the molecule is CCc1cccc(S(=O)(=O)Nc2nccc(C)n2)c1. The van der Waals surface area contributed by atoms with Gasteiger partial charge < -0.3 is 0 Å². The lowest BCUT2D eigenvalue weighted by atomic mass is 10.2. The van der Waals surface area contributed by atoms with Crippen molar-refractivity contribution in [2.75, 3.05) is 4.72 Å². The molecule has 0 aliphatic heterocycles. The lowest BCUT2D eigenvalue weighted by Gasteiger charge is -2.07. The Bertz CT molecular complexity index is 684. The second-order valence-corrected chi connectivity index (χ2v) is 5.81. The predicted octanol–water partition coefficient (Wildman–Crippen LogP) is 2.15. The van der Waals surface area contributed by atoms with Crippen LogP contribution in [0.15, 0.2) is 41.4 Å². The van der Waals surface area contributed by atoms with Crippen molar-refractivity contribution in [3.8, 4) is 0 Å². The van der Waals surface area contributed by atoms with Gasteiger partial charge in [0, 0.05) is 11.9 Å². The van der Waals surface area contributed by atoms with Gasteiger partial charge in [0.25, 0.3) is 10.0 Å². The largest absolute Gasteiger partial charge is 0.264 e. The number of hydrogen-bond acceptors (Lipinski definition) is 4. The van der Waals surface area contributed by atoms with E-state index in [1.807, 2.05) is 13.0 Å². The molecule has 1 aromatic heterocycles. The van der Waals surface area contributed by atoms with Gasteiger partial charge in [-0.15, -0.1) is 0 Å². The first-order chi connectivity index (χ1) is 9.01. The molecule has 1 aromatic carbocycles. The van der Waals surface area contributed by atoms with E-state index in [0.29, 0.717) is 5.69 Å². The summed E-state index contributed by atoms with van der Waals surface area (Å²) in [6.45, 7) is 3.75. The Hall–Kier alpha value is -1.95. The topological polar surface area (TPSA) is 72.0 Å². The molecule has 0 unspecified atom stereocenters. The van der Waals surface area contributed by atoms with Crippen LogP contribution in [0.25, 0.3) is 0 Å². The van der Waals surface area contributed by atoms with E-state index >= 15 is 0 Å². The molecule has 2 rings (SSSR count). The maximum Gasteiger partial charge on any atom is 0.264 e. The molecule has 1 heterocycles. The summed E-state index contributed by atoms with van der Waals surface area (Å²) in [4.78, 5) is 8.14. The minimum Gasteiger partial charge on any atom is -0.247 e. The van der Waals surface area contributed by atoms with E-state index in [1.54, 1.807) is 31.2 Å². The highest BCUT2D eigenvalue weighted by molar-refractivity contribution is 7.92. The summed E-state index contributed by atoms with van der Waals surface area (Å²) in [6.07, 6.45) is 2.30. The van der Waals surface area contributed by atoms with Crippen LogP contribution in [-0.2, 0) is 16.4 Å². The highest BCUT2D eigenvalue weighted by atomic mass is 32.2. The van der Waals surface area contributed by atoms with Crippen molar-refractivity contribution in [3.05, 3.63) is 47.8 Å².